The summed E-state index contributed by atoms with van der Waals surface area (Å²) in [5.74, 6) is -1.17. The maximum Gasteiger partial charge on any atom is 0.305 e. The standard InChI is InChI=1S/C19H19NO3/c1-15-7-9-16(10-8-15)11-12-18(21)20(14-13-19(22)23)17-5-3-2-4-6-17/h2-12H,13-14H2,1H3,(H,22,23)/b12-11+. The number of hydrogen-bond donors (Lipinski definition) is 1. The minimum Gasteiger partial charge on any atom is -0.481 e. The molecule has 0 bridgehead atoms. The van der Waals surface area contributed by atoms with Crippen LogP contribution in [0, 0.1) is 6.92 Å². The number of aryl methyl sites for hydroxylation is 1. The molecule has 0 aromatic heterocycles. The average molecular weight is 309 g/mol. The summed E-state index contributed by atoms with van der Waals surface area (Å²) < 4.78 is 0. The van der Waals surface area contributed by atoms with Gasteiger partial charge in [-0.25, -0.2) is 0 Å². The van der Waals surface area contributed by atoms with Crippen LogP contribution in [0.15, 0.2) is 60.7 Å². The number of carbonyl (C=O) groups excluding carboxylic acids is 1. The van der Waals surface area contributed by atoms with E-state index in [0.717, 1.165) is 11.1 Å². The van der Waals surface area contributed by atoms with Crippen molar-refractivity contribution in [3.63, 3.8) is 0 Å². The van der Waals surface area contributed by atoms with Crippen LogP contribution < -0.4 is 4.90 Å². The Labute approximate surface area is 135 Å². The summed E-state index contributed by atoms with van der Waals surface area (Å²) in [6, 6.07) is 16.9. The van der Waals surface area contributed by atoms with E-state index in [0.29, 0.717) is 5.69 Å². The van der Waals surface area contributed by atoms with Crippen molar-refractivity contribution in [1.29, 1.82) is 0 Å². The number of para-hydroxylation sites is 1. The van der Waals surface area contributed by atoms with E-state index < -0.39 is 5.97 Å². The Morgan fingerprint density at radius 2 is 1.70 bits per heavy atom. The van der Waals surface area contributed by atoms with Gasteiger partial charge in [0, 0.05) is 18.3 Å². The van der Waals surface area contributed by atoms with Gasteiger partial charge in [0.05, 0.1) is 6.42 Å². The summed E-state index contributed by atoms with van der Waals surface area (Å²) in [7, 11) is 0. The Morgan fingerprint density at radius 1 is 1.04 bits per heavy atom. The van der Waals surface area contributed by atoms with Crippen LogP contribution >= 0.6 is 0 Å². The molecule has 0 aliphatic rings. The molecule has 2 aromatic rings. The van der Waals surface area contributed by atoms with Crippen molar-refractivity contribution in [3.05, 3.63) is 71.8 Å². The topological polar surface area (TPSA) is 57.6 Å². The first-order valence-electron chi connectivity index (χ1n) is 7.39. The lowest BCUT2D eigenvalue weighted by molar-refractivity contribution is -0.136. The molecule has 0 fully saturated rings. The number of anilines is 1. The SMILES string of the molecule is Cc1ccc(/C=C/C(=O)N(CCC(=O)O)c2ccccc2)cc1. The minimum absolute atomic E-state index is 0.0982. The van der Waals surface area contributed by atoms with Gasteiger partial charge in [-0.3, -0.25) is 9.59 Å². The van der Waals surface area contributed by atoms with Gasteiger partial charge in [0.15, 0.2) is 0 Å². The van der Waals surface area contributed by atoms with E-state index in [2.05, 4.69) is 0 Å². The zero-order chi connectivity index (χ0) is 16.7. The molecule has 0 aliphatic carbocycles. The van der Waals surface area contributed by atoms with Crippen molar-refractivity contribution in [2.24, 2.45) is 0 Å². The van der Waals surface area contributed by atoms with Crippen LogP contribution in [0.5, 0.6) is 0 Å². The number of benzene rings is 2. The number of carboxylic acid groups (broad SMARTS) is 1. The molecule has 2 rings (SSSR count). The third kappa shape index (κ3) is 5.11. The van der Waals surface area contributed by atoms with Gasteiger partial charge in [-0.05, 0) is 30.7 Å². The van der Waals surface area contributed by atoms with Gasteiger partial charge in [0.2, 0.25) is 0 Å². The quantitative estimate of drug-likeness (QED) is 0.831. The highest BCUT2D eigenvalue weighted by Crippen LogP contribution is 2.15. The lowest BCUT2D eigenvalue weighted by Gasteiger charge is -2.20. The largest absolute Gasteiger partial charge is 0.481 e. The first kappa shape index (κ1) is 16.5. The van der Waals surface area contributed by atoms with Crippen molar-refractivity contribution in [2.45, 2.75) is 13.3 Å². The molecule has 0 atom stereocenters. The van der Waals surface area contributed by atoms with Crippen molar-refractivity contribution in [1.82, 2.24) is 0 Å². The molecule has 4 nitrogen and oxygen atoms in total. The fourth-order valence-electron chi connectivity index (χ4n) is 2.12. The summed E-state index contributed by atoms with van der Waals surface area (Å²) >= 11 is 0. The lowest BCUT2D eigenvalue weighted by atomic mass is 10.1. The fraction of sp³-hybridized carbons (Fsp3) is 0.158. The van der Waals surface area contributed by atoms with Gasteiger partial charge < -0.3 is 10.0 Å². The monoisotopic (exact) mass is 309 g/mol. The van der Waals surface area contributed by atoms with E-state index in [1.165, 1.54) is 11.0 Å². The number of carbonyl (C=O) groups is 2. The van der Waals surface area contributed by atoms with Crippen molar-refractivity contribution in [2.75, 3.05) is 11.4 Å². The van der Waals surface area contributed by atoms with Gasteiger partial charge in [0.25, 0.3) is 5.91 Å². The molecule has 0 saturated heterocycles. The van der Waals surface area contributed by atoms with E-state index in [-0.39, 0.29) is 18.9 Å². The first-order valence-corrected chi connectivity index (χ1v) is 7.39. The summed E-state index contributed by atoms with van der Waals surface area (Å²) in [4.78, 5) is 24.7. The maximum absolute atomic E-state index is 12.4. The molecule has 0 radical (unpaired) electrons. The van der Waals surface area contributed by atoms with Crippen molar-refractivity contribution < 1.29 is 14.7 Å². The number of hydrogen-bond acceptors (Lipinski definition) is 2. The number of amides is 1. The van der Waals surface area contributed by atoms with Crippen molar-refractivity contribution >= 4 is 23.6 Å². The molecular formula is C19H19NO3. The van der Waals surface area contributed by atoms with Crippen LogP contribution in [0.1, 0.15) is 17.5 Å². The summed E-state index contributed by atoms with van der Waals surface area (Å²) in [6.07, 6.45) is 3.11. The summed E-state index contributed by atoms with van der Waals surface area (Å²) in [5.41, 5.74) is 2.77. The molecular weight excluding hydrogens is 290 g/mol. The molecule has 0 saturated carbocycles. The zero-order valence-electron chi connectivity index (χ0n) is 13.0. The van der Waals surface area contributed by atoms with Gasteiger partial charge in [0.1, 0.15) is 0 Å². The highest BCUT2D eigenvalue weighted by Gasteiger charge is 2.14. The third-order valence-corrected chi connectivity index (χ3v) is 3.38. The minimum atomic E-state index is -0.929. The molecule has 1 N–H and O–H groups in total. The number of carboxylic acids is 1. The molecule has 0 unspecified atom stereocenters. The molecule has 118 valence electrons. The van der Waals surface area contributed by atoms with E-state index >= 15 is 0 Å². The van der Waals surface area contributed by atoms with Crippen LogP contribution in [0.25, 0.3) is 6.08 Å². The van der Waals surface area contributed by atoms with Crippen LogP contribution in [-0.2, 0) is 9.59 Å². The second-order valence-electron chi connectivity index (χ2n) is 5.21. The number of aliphatic carboxylic acids is 1. The molecule has 1 amide bonds. The predicted octanol–water partition coefficient (Wildman–Crippen LogP) is 3.52. The van der Waals surface area contributed by atoms with Crippen LogP contribution in [0.4, 0.5) is 5.69 Å². The Balaban J connectivity index is 2.15. The molecule has 0 spiro atoms. The highest BCUT2D eigenvalue weighted by molar-refractivity contribution is 6.04. The Bertz CT molecular complexity index is 690. The van der Waals surface area contributed by atoms with E-state index in [1.807, 2.05) is 49.4 Å². The molecule has 0 heterocycles. The normalized spacial score (nSPS) is 10.7. The second kappa shape index (κ2) is 7.94. The van der Waals surface area contributed by atoms with Gasteiger partial charge in [-0.2, -0.15) is 0 Å². The smallest absolute Gasteiger partial charge is 0.305 e. The Morgan fingerprint density at radius 3 is 2.30 bits per heavy atom. The second-order valence-corrected chi connectivity index (χ2v) is 5.21. The number of nitrogens with zero attached hydrogens (tertiary/aromatic N) is 1. The van der Waals surface area contributed by atoms with E-state index in [4.69, 9.17) is 5.11 Å². The van der Waals surface area contributed by atoms with Gasteiger partial charge in [-0.15, -0.1) is 0 Å². The summed E-state index contributed by atoms with van der Waals surface area (Å²) in [6.45, 7) is 2.14. The highest BCUT2D eigenvalue weighted by atomic mass is 16.4. The van der Waals surface area contributed by atoms with Crippen LogP contribution in [0.2, 0.25) is 0 Å². The van der Waals surface area contributed by atoms with E-state index in [9.17, 15) is 9.59 Å². The summed E-state index contributed by atoms with van der Waals surface area (Å²) in [5, 5.41) is 8.87. The number of rotatable bonds is 6. The fourth-order valence-corrected chi connectivity index (χ4v) is 2.12. The van der Waals surface area contributed by atoms with Crippen LogP contribution in [0.3, 0.4) is 0 Å². The maximum atomic E-state index is 12.4. The zero-order valence-corrected chi connectivity index (χ0v) is 13.0. The van der Waals surface area contributed by atoms with Gasteiger partial charge in [-0.1, -0.05) is 48.0 Å². The third-order valence-electron chi connectivity index (χ3n) is 3.38. The molecule has 2 aromatic carbocycles. The lowest BCUT2D eigenvalue weighted by Crippen LogP contribution is -2.31. The van der Waals surface area contributed by atoms with E-state index in [1.54, 1.807) is 18.2 Å². The Kier molecular flexibility index (Phi) is 5.69. The molecule has 0 aliphatic heterocycles. The van der Waals surface area contributed by atoms with Gasteiger partial charge >= 0.3 is 5.97 Å². The molecule has 23 heavy (non-hydrogen) atoms. The van der Waals surface area contributed by atoms with Crippen LogP contribution in [-0.4, -0.2) is 23.5 Å². The first-order chi connectivity index (χ1) is 11.1. The Hall–Kier alpha value is -2.88. The predicted molar refractivity (Wildman–Crippen MR) is 91.3 cm³/mol. The van der Waals surface area contributed by atoms with Crippen molar-refractivity contribution in [3.8, 4) is 0 Å². The molecule has 4 heteroatoms. The average Bonchev–Trinajstić information content (AvgIpc) is 2.55.